The molecule has 0 fully saturated rings. The van der Waals surface area contributed by atoms with E-state index in [1.807, 2.05) is 42.5 Å². The molecule has 5 nitrogen and oxygen atoms in total. The van der Waals surface area contributed by atoms with Crippen LogP contribution in [0.4, 0.5) is 0 Å². The molecule has 0 aliphatic rings. The first kappa shape index (κ1) is 19.6. The van der Waals surface area contributed by atoms with Crippen molar-refractivity contribution in [3.05, 3.63) is 53.6 Å². The van der Waals surface area contributed by atoms with Crippen LogP contribution in [0.5, 0.6) is 17.2 Å². The summed E-state index contributed by atoms with van der Waals surface area (Å²) in [4.78, 5) is 12.4. The number of ether oxygens (including phenoxy) is 3. The second kappa shape index (κ2) is 9.13. The van der Waals surface area contributed by atoms with Gasteiger partial charge in [0.1, 0.15) is 5.75 Å². The summed E-state index contributed by atoms with van der Waals surface area (Å²) in [5.41, 5.74) is 2.01. The number of rotatable bonds is 8. The second-order valence-electron chi connectivity index (χ2n) is 6.36. The zero-order valence-corrected chi connectivity index (χ0v) is 16.0. The van der Waals surface area contributed by atoms with Gasteiger partial charge >= 0.3 is 0 Å². The van der Waals surface area contributed by atoms with E-state index >= 15 is 0 Å². The molecule has 1 amide bonds. The lowest BCUT2D eigenvalue weighted by atomic mass is 10.0. The molecule has 0 saturated carbocycles. The molecular formula is C21H27NO4. The van der Waals surface area contributed by atoms with Gasteiger partial charge in [-0.25, -0.2) is 0 Å². The maximum absolute atomic E-state index is 12.4. The Kier molecular flexibility index (Phi) is 6.89. The van der Waals surface area contributed by atoms with E-state index in [-0.39, 0.29) is 5.91 Å². The Morgan fingerprint density at radius 2 is 1.65 bits per heavy atom. The molecule has 1 atom stereocenters. The van der Waals surface area contributed by atoms with Crippen LogP contribution >= 0.6 is 0 Å². The summed E-state index contributed by atoms with van der Waals surface area (Å²) < 4.78 is 16.4. The van der Waals surface area contributed by atoms with Gasteiger partial charge in [0.2, 0.25) is 0 Å². The van der Waals surface area contributed by atoms with Crippen LogP contribution in [-0.4, -0.2) is 26.2 Å². The Labute approximate surface area is 155 Å². The first-order chi connectivity index (χ1) is 12.5. The summed E-state index contributed by atoms with van der Waals surface area (Å²) in [6.45, 7) is 6.34. The van der Waals surface area contributed by atoms with E-state index in [9.17, 15) is 4.79 Å². The molecule has 0 saturated heterocycles. The number of carbonyl (C=O) groups excluding carboxylic acids is 1. The minimum Gasteiger partial charge on any atom is -0.493 e. The van der Waals surface area contributed by atoms with Crippen LogP contribution in [-0.2, 0) is 11.3 Å². The first-order valence-electron chi connectivity index (χ1n) is 8.70. The Hall–Kier alpha value is -2.69. The average molecular weight is 357 g/mol. The molecule has 2 rings (SSSR count). The lowest BCUT2D eigenvalue weighted by Crippen LogP contribution is -2.36. The van der Waals surface area contributed by atoms with Gasteiger partial charge in [-0.3, -0.25) is 4.79 Å². The number of hydrogen-bond donors (Lipinski definition) is 1. The lowest BCUT2D eigenvalue weighted by molar-refractivity contribution is -0.127. The fourth-order valence-electron chi connectivity index (χ4n) is 2.63. The smallest absolute Gasteiger partial charge is 0.261 e. The molecule has 0 spiro atoms. The maximum atomic E-state index is 12.4. The molecule has 140 valence electrons. The Morgan fingerprint density at radius 1 is 0.962 bits per heavy atom. The summed E-state index contributed by atoms with van der Waals surface area (Å²) in [5.74, 6) is 2.20. The molecular weight excluding hydrogens is 330 g/mol. The fourth-order valence-corrected chi connectivity index (χ4v) is 2.63. The minimum atomic E-state index is -0.588. The number of carbonyl (C=O) groups is 1. The van der Waals surface area contributed by atoms with Crippen molar-refractivity contribution in [2.24, 2.45) is 0 Å². The normalized spacial score (nSPS) is 11.8. The third kappa shape index (κ3) is 4.91. The van der Waals surface area contributed by atoms with Gasteiger partial charge in [0, 0.05) is 6.54 Å². The highest BCUT2D eigenvalue weighted by atomic mass is 16.5. The topological polar surface area (TPSA) is 56.8 Å². The van der Waals surface area contributed by atoms with Gasteiger partial charge in [-0.05, 0) is 42.2 Å². The number of benzene rings is 2. The standard InChI is InChI=1S/C21H27NO4/c1-14(2)17-8-6-7-9-18(17)26-15(3)21(23)22-13-16-10-11-19(24-4)20(12-16)25-5/h6-12,14-15H,13H2,1-5H3,(H,22,23). The first-order valence-corrected chi connectivity index (χ1v) is 8.70. The van der Waals surface area contributed by atoms with Crippen LogP contribution in [0.2, 0.25) is 0 Å². The predicted octanol–water partition coefficient (Wildman–Crippen LogP) is 3.91. The third-order valence-corrected chi connectivity index (χ3v) is 4.13. The van der Waals surface area contributed by atoms with Crippen molar-refractivity contribution in [1.82, 2.24) is 5.32 Å². The summed E-state index contributed by atoms with van der Waals surface area (Å²) in [6, 6.07) is 13.4. The van der Waals surface area contributed by atoms with Crippen molar-refractivity contribution in [3.63, 3.8) is 0 Å². The van der Waals surface area contributed by atoms with Crippen molar-refractivity contribution in [3.8, 4) is 17.2 Å². The molecule has 0 radical (unpaired) electrons. The van der Waals surface area contributed by atoms with Crippen LogP contribution in [0.1, 0.15) is 37.8 Å². The molecule has 2 aromatic rings. The van der Waals surface area contributed by atoms with E-state index < -0.39 is 6.10 Å². The molecule has 0 bridgehead atoms. The van der Waals surface area contributed by atoms with Gasteiger partial charge in [0.15, 0.2) is 17.6 Å². The maximum Gasteiger partial charge on any atom is 0.261 e. The van der Waals surface area contributed by atoms with E-state index in [1.165, 1.54) is 0 Å². The molecule has 0 aromatic heterocycles. The van der Waals surface area contributed by atoms with Crippen molar-refractivity contribution in [2.45, 2.75) is 39.3 Å². The summed E-state index contributed by atoms with van der Waals surface area (Å²) in [5, 5.41) is 2.90. The molecule has 1 N–H and O–H groups in total. The third-order valence-electron chi connectivity index (χ3n) is 4.13. The highest BCUT2D eigenvalue weighted by Gasteiger charge is 2.17. The SMILES string of the molecule is COc1ccc(CNC(=O)C(C)Oc2ccccc2C(C)C)cc1OC. The molecule has 0 aliphatic heterocycles. The second-order valence-corrected chi connectivity index (χ2v) is 6.36. The highest BCUT2D eigenvalue weighted by molar-refractivity contribution is 5.80. The number of nitrogens with one attached hydrogen (secondary N) is 1. The molecule has 0 heterocycles. The predicted molar refractivity (Wildman–Crippen MR) is 102 cm³/mol. The Balaban J connectivity index is 1.98. The largest absolute Gasteiger partial charge is 0.493 e. The van der Waals surface area contributed by atoms with Gasteiger partial charge in [-0.2, -0.15) is 0 Å². The quantitative estimate of drug-likeness (QED) is 0.778. The van der Waals surface area contributed by atoms with Crippen molar-refractivity contribution >= 4 is 5.91 Å². The van der Waals surface area contributed by atoms with E-state index in [1.54, 1.807) is 21.1 Å². The van der Waals surface area contributed by atoms with Crippen LogP contribution in [0, 0.1) is 0 Å². The van der Waals surface area contributed by atoms with E-state index in [4.69, 9.17) is 14.2 Å². The van der Waals surface area contributed by atoms with Crippen molar-refractivity contribution < 1.29 is 19.0 Å². The molecule has 5 heteroatoms. The number of methoxy groups -OCH3 is 2. The van der Waals surface area contributed by atoms with E-state index in [0.717, 1.165) is 16.9 Å². The lowest BCUT2D eigenvalue weighted by Gasteiger charge is -2.19. The monoisotopic (exact) mass is 357 g/mol. The van der Waals surface area contributed by atoms with E-state index in [0.29, 0.717) is 24.0 Å². The minimum absolute atomic E-state index is 0.168. The molecule has 1 unspecified atom stereocenters. The zero-order valence-electron chi connectivity index (χ0n) is 16.0. The molecule has 26 heavy (non-hydrogen) atoms. The van der Waals surface area contributed by atoms with Crippen LogP contribution in [0.3, 0.4) is 0 Å². The van der Waals surface area contributed by atoms with E-state index in [2.05, 4.69) is 19.2 Å². The Bertz CT molecular complexity index is 743. The van der Waals surface area contributed by atoms with Gasteiger partial charge < -0.3 is 19.5 Å². The summed E-state index contributed by atoms with van der Waals surface area (Å²) >= 11 is 0. The number of para-hydroxylation sites is 1. The van der Waals surface area contributed by atoms with Crippen LogP contribution in [0.15, 0.2) is 42.5 Å². The molecule has 2 aromatic carbocycles. The summed E-state index contributed by atoms with van der Waals surface area (Å²) in [6.07, 6.45) is -0.588. The number of amides is 1. The van der Waals surface area contributed by atoms with Gasteiger partial charge in [0.05, 0.1) is 14.2 Å². The van der Waals surface area contributed by atoms with Gasteiger partial charge in [-0.1, -0.05) is 38.1 Å². The van der Waals surface area contributed by atoms with Gasteiger partial charge in [-0.15, -0.1) is 0 Å². The number of hydrogen-bond acceptors (Lipinski definition) is 4. The van der Waals surface area contributed by atoms with Gasteiger partial charge in [0.25, 0.3) is 5.91 Å². The zero-order chi connectivity index (χ0) is 19.1. The summed E-state index contributed by atoms with van der Waals surface area (Å²) in [7, 11) is 3.18. The fraction of sp³-hybridized carbons (Fsp3) is 0.381. The van der Waals surface area contributed by atoms with Crippen molar-refractivity contribution in [1.29, 1.82) is 0 Å². The van der Waals surface area contributed by atoms with Crippen LogP contribution < -0.4 is 19.5 Å². The highest BCUT2D eigenvalue weighted by Crippen LogP contribution is 2.28. The van der Waals surface area contributed by atoms with Crippen molar-refractivity contribution in [2.75, 3.05) is 14.2 Å². The Morgan fingerprint density at radius 3 is 2.31 bits per heavy atom. The molecule has 0 aliphatic carbocycles. The average Bonchev–Trinajstić information content (AvgIpc) is 2.65. The van der Waals surface area contributed by atoms with Crippen LogP contribution in [0.25, 0.3) is 0 Å².